The lowest BCUT2D eigenvalue weighted by Crippen LogP contribution is -1.75. The molecule has 2 aromatic rings. The van der Waals surface area contributed by atoms with E-state index in [1.54, 1.807) is 9.79 Å². The first-order chi connectivity index (χ1) is 6.24. The van der Waals surface area contributed by atoms with E-state index in [2.05, 4.69) is 32.1 Å². The van der Waals surface area contributed by atoms with E-state index in [1.165, 1.54) is 0 Å². The van der Waals surface area contributed by atoms with Crippen LogP contribution in [0.25, 0.3) is 10.9 Å². The maximum Gasteiger partial charge on any atom is 0.152 e. The maximum atomic E-state index is 10.7. The van der Waals surface area contributed by atoms with Gasteiger partial charge in [-0.3, -0.25) is 8.39 Å². The van der Waals surface area contributed by atoms with Gasteiger partial charge >= 0.3 is 0 Å². The summed E-state index contributed by atoms with van der Waals surface area (Å²) in [4.78, 5) is 10.7. The summed E-state index contributed by atoms with van der Waals surface area (Å²) >= 11 is 6.74. The third-order valence-corrected chi connectivity index (χ3v) is 3.14. The summed E-state index contributed by atoms with van der Waals surface area (Å²) in [6, 6.07) is 5.79. The highest BCUT2D eigenvalue weighted by Gasteiger charge is 2.08. The summed E-state index contributed by atoms with van der Waals surface area (Å²) in [6.45, 7) is 0. The van der Waals surface area contributed by atoms with Gasteiger partial charge in [0.25, 0.3) is 0 Å². The Morgan fingerprint density at radius 1 is 1.38 bits per heavy atom. The molecule has 0 spiro atoms. The minimum Gasteiger partial charge on any atom is -0.298 e. The van der Waals surface area contributed by atoms with Crippen molar-refractivity contribution in [1.29, 1.82) is 0 Å². The second-order valence-electron chi connectivity index (χ2n) is 2.65. The molecule has 0 aliphatic rings. The van der Waals surface area contributed by atoms with Gasteiger partial charge in [-0.15, -0.1) is 0 Å². The lowest BCUT2D eigenvalue weighted by atomic mass is 10.2. The van der Waals surface area contributed by atoms with Gasteiger partial charge in [-0.25, -0.2) is 0 Å². The van der Waals surface area contributed by atoms with Gasteiger partial charge in [0.2, 0.25) is 0 Å². The summed E-state index contributed by atoms with van der Waals surface area (Å²) in [6.07, 6.45) is 2.60. The normalized spacial score (nSPS) is 10.6. The zero-order valence-electron chi connectivity index (χ0n) is 6.50. The summed E-state index contributed by atoms with van der Waals surface area (Å²) in [5, 5.41) is 0.939. The van der Waals surface area contributed by atoms with Crippen molar-refractivity contribution in [2.45, 2.75) is 0 Å². The van der Waals surface area contributed by atoms with Gasteiger partial charge in [0, 0.05) is 21.6 Å². The summed E-state index contributed by atoms with van der Waals surface area (Å²) in [7, 11) is 0. The molecule has 2 rings (SSSR count). The number of benzene rings is 1. The Hall–Kier alpha value is -0.610. The first-order valence-electron chi connectivity index (χ1n) is 3.65. The largest absolute Gasteiger partial charge is 0.298 e. The van der Waals surface area contributed by atoms with E-state index < -0.39 is 0 Å². The molecule has 1 aromatic carbocycles. The smallest absolute Gasteiger partial charge is 0.152 e. The number of hydrogen-bond acceptors (Lipinski definition) is 1. The van der Waals surface area contributed by atoms with Crippen LogP contribution in [-0.4, -0.2) is 9.88 Å². The van der Waals surface area contributed by atoms with Crippen molar-refractivity contribution < 1.29 is 4.79 Å². The fourth-order valence-electron chi connectivity index (χ4n) is 1.32. The number of nitrogens with zero attached hydrogens (tertiary/aromatic N) is 1. The number of fused-ring (bicyclic) bond motifs is 1. The standard InChI is InChI=1S/C9H5Br2NO/c10-7-2-1-3-8-9(7)6(5-13)4-12(8)11/h1-5H. The Balaban J connectivity index is 2.96. The first kappa shape index (κ1) is 8.97. The van der Waals surface area contributed by atoms with Crippen molar-refractivity contribution in [2.75, 3.05) is 0 Å². The molecule has 0 unspecified atom stereocenters. The van der Waals surface area contributed by atoms with Crippen LogP contribution in [-0.2, 0) is 0 Å². The Labute approximate surface area is 92.0 Å². The third-order valence-electron chi connectivity index (χ3n) is 1.89. The predicted octanol–water partition coefficient (Wildman–Crippen LogP) is 3.37. The van der Waals surface area contributed by atoms with Crippen molar-refractivity contribution >= 4 is 49.3 Å². The number of rotatable bonds is 1. The van der Waals surface area contributed by atoms with Crippen LogP contribution < -0.4 is 0 Å². The van der Waals surface area contributed by atoms with E-state index >= 15 is 0 Å². The summed E-state index contributed by atoms with van der Waals surface area (Å²) in [5.74, 6) is 0. The van der Waals surface area contributed by atoms with E-state index in [4.69, 9.17) is 0 Å². The second-order valence-corrected chi connectivity index (χ2v) is 4.27. The van der Waals surface area contributed by atoms with E-state index in [-0.39, 0.29) is 0 Å². The molecule has 66 valence electrons. The summed E-state index contributed by atoms with van der Waals surface area (Å²) in [5.41, 5.74) is 1.66. The summed E-state index contributed by atoms with van der Waals surface area (Å²) < 4.78 is 2.70. The van der Waals surface area contributed by atoms with Crippen LogP contribution in [0.4, 0.5) is 0 Å². The van der Waals surface area contributed by atoms with Crippen LogP contribution >= 0.6 is 32.1 Å². The van der Waals surface area contributed by atoms with Gasteiger partial charge in [-0.1, -0.05) is 22.0 Å². The van der Waals surface area contributed by atoms with Gasteiger partial charge in [0.05, 0.1) is 21.7 Å². The van der Waals surface area contributed by atoms with E-state index in [0.717, 1.165) is 21.7 Å². The molecule has 1 heterocycles. The molecule has 0 aliphatic heterocycles. The Kier molecular flexibility index (Phi) is 2.26. The van der Waals surface area contributed by atoms with Crippen molar-refractivity contribution in [1.82, 2.24) is 3.59 Å². The van der Waals surface area contributed by atoms with Crippen LogP contribution in [0.15, 0.2) is 28.9 Å². The molecule has 1 aromatic heterocycles. The maximum absolute atomic E-state index is 10.7. The Bertz CT molecular complexity index is 476. The number of hydrogen-bond donors (Lipinski definition) is 0. The average molecular weight is 303 g/mol. The number of aldehydes is 1. The van der Waals surface area contributed by atoms with Crippen LogP contribution in [0, 0.1) is 0 Å². The lowest BCUT2D eigenvalue weighted by Gasteiger charge is -1.95. The molecule has 0 saturated carbocycles. The Morgan fingerprint density at radius 3 is 2.85 bits per heavy atom. The van der Waals surface area contributed by atoms with Gasteiger partial charge in [-0.2, -0.15) is 0 Å². The topological polar surface area (TPSA) is 22.0 Å². The predicted molar refractivity (Wildman–Crippen MR) is 59.4 cm³/mol. The fourth-order valence-corrected chi connectivity index (χ4v) is 2.42. The Morgan fingerprint density at radius 2 is 2.15 bits per heavy atom. The van der Waals surface area contributed by atoms with Gasteiger partial charge in [0.15, 0.2) is 6.29 Å². The van der Waals surface area contributed by atoms with Crippen molar-refractivity contribution in [3.05, 3.63) is 34.4 Å². The van der Waals surface area contributed by atoms with Crippen LogP contribution in [0.2, 0.25) is 0 Å². The number of carbonyl (C=O) groups excluding carboxylic acids is 1. The molecule has 0 atom stereocenters. The molecule has 0 amide bonds. The molecule has 2 nitrogen and oxygen atoms in total. The minimum atomic E-state index is 0.680. The molecule has 0 saturated heterocycles. The molecular weight excluding hydrogens is 298 g/mol. The molecule has 0 bridgehead atoms. The van der Waals surface area contributed by atoms with Crippen molar-refractivity contribution in [3.63, 3.8) is 0 Å². The molecule has 0 N–H and O–H groups in total. The molecule has 4 heteroatoms. The highest BCUT2D eigenvalue weighted by molar-refractivity contribution is 9.10. The zero-order valence-corrected chi connectivity index (χ0v) is 9.67. The monoisotopic (exact) mass is 301 g/mol. The van der Waals surface area contributed by atoms with Crippen LogP contribution in [0.5, 0.6) is 0 Å². The molecule has 0 aliphatic carbocycles. The molecule has 13 heavy (non-hydrogen) atoms. The van der Waals surface area contributed by atoms with Crippen molar-refractivity contribution in [3.8, 4) is 0 Å². The quantitative estimate of drug-likeness (QED) is 0.740. The lowest BCUT2D eigenvalue weighted by molar-refractivity contribution is 0.112. The van der Waals surface area contributed by atoms with Gasteiger partial charge in [0.1, 0.15) is 0 Å². The van der Waals surface area contributed by atoms with Crippen LogP contribution in [0.1, 0.15) is 10.4 Å². The molecule has 0 radical (unpaired) electrons. The van der Waals surface area contributed by atoms with E-state index in [1.807, 2.05) is 18.2 Å². The number of aromatic nitrogens is 1. The number of carbonyl (C=O) groups is 1. The fraction of sp³-hybridized carbons (Fsp3) is 0. The molecular formula is C9H5Br2NO. The van der Waals surface area contributed by atoms with E-state index in [0.29, 0.717) is 5.56 Å². The van der Waals surface area contributed by atoms with Crippen LogP contribution in [0.3, 0.4) is 0 Å². The minimum absolute atomic E-state index is 0.680. The zero-order chi connectivity index (χ0) is 9.42. The first-order valence-corrected chi connectivity index (χ1v) is 5.15. The highest BCUT2D eigenvalue weighted by Crippen LogP contribution is 2.28. The second kappa shape index (κ2) is 3.27. The third kappa shape index (κ3) is 1.34. The SMILES string of the molecule is O=Cc1cn(Br)c2cccc(Br)c12. The van der Waals surface area contributed by atoms with Crippen molar-refractivity contribution in [2.24, 2.45) is 0 Å². The highest BCUT2D eigenvalue weighted by atomic mass is 79.9. The van der Waals surface area contributed by atoms with Gasteiger partial charge < -0.3 is 0 Å². The van der Waals surface area contributed by atoms with E-state index in [9.17, 15) is 4.79 Å². The van der Waals surface area contributed by atoms with Gasteiger partial charge in [-0.05, 0) is 12.1 Å². The molecule has 0 fully saturated rings. The number of halogens is 2. The average Bonchev–Trinajstić information content (AvgIpc) is 2.45.